The van der Waals surface area contributed by atoms with Gasteiger partial charge in [0.2, 0.25) is 11.8 Å². The van der Waals surface area contributed by atoms with Gasteiger partial charge in [-0.25, -0.2) is 0 Å². The summed E-state index contributed by atoms with van der Waals surface area (Å²) in [5.74, 6) is 0.237. The largest absolute Gasteiger partial charge is 0.381 e. The Morgan fingerprint density at radius 1 is 1.35 bits per heavy atom. The maximum atomic E-state index is 11.8. The Kier molecular flexibility index (Phi) is 6.15. The zero-order valence-electron chi connectivity index (χ0n) is 10.5. The van der Waals surface area contributed by atoms with Gasteiger partial charge in [-0.05, 0) is 25.2 Å². The maximum absolute atomic E-state index is 11.8. The molecular formula is C12H22N2O3. The third-order valence-electron chi connectivity index (χ3n) is 3.14. The minimum atomic E-state index is -0.215. The van der Waals surface area contributed by atoms with E-state index in [2.05, 4.69) is 0 Å². The lowest BCUT2D eigenvalue weighted by molar-refractivity contribution is -0.143. The van der Waals surface area contributed by atoms with Gasteiger partial charge in [0.25, 0.3) is 0 Å². The summed E-state index contributed by atoms with van der Waals surface area (Å²) < 4.78 is 5.26. The van der Waals surface area contributed by atoms with Crippen LogP contribution in [0.1, 0.15) is 32.6 Å². The molecule has 2 N–H and O–H groups in total. The predicted octanol–water partition coefficient (Wildman–Crippen LogP) is 0.527. The fourth-order valence-corrected chi connectivity index (χ4v) is 2.08. The van der Waals surface area contributed by atoms with Crippen molar-refractivity contribution >= 4 is 11.8 Å². The Morgan fingerprint density at radius 3 is 2.53 bits per heavy atom. The minimum Gasteiger partial charge on any atom is -0.381 e. The number of nitrogens with zero attached hydrogens (tertiary/aromatic N) is 1. The average molecular weight is 242 g/mol. The van der Waals surface area contributed by atoms with Crippen molar-refractivity contribution in [3.63, 3.8) is 0 Å². The summed E-state index contributed by atoms with van der Waals surface area (Å²) in [7, 11) is 0. The molecule has 5 heteroatoms. The number of imide groups is 1. The van der Waals surface area contributed by atoms with Crippen LogP contribution < -0.4 is 5.73 Å². The quantitative estimate of drug-likeness (QED) is 0.763. The van der Waals surface area contributed by atoms with Crippen LogP contribution in [0.25, 0.3) is 0 Å². The molecule has 0 bridgehead atoms. The molecule has 0 spiro atoms. The van der Waals surface area contributed by atoms with Crippen molar-refractivity contribution in [3.05, 3.63) is 0 Å². The molecule has 1 saturated heterocycles. The molecule has 2 amide bonds. The van der Waals surface area contributed by atoms with Crippen LogP contribution in [0.5, 0.6) is 0 Å². The molecular weight excluding hydrogens is 220 g/mol. The highest BCUT2D eigenvalue weighted by Crippen LogP contribution is 2.20. The molecule has 1 heterocycles. The first-order valence-corrected chi connectivity index (χ1v) is 6.24. The Balaban J connectivity index is 2.33. The second kappa shape index (κ2) is 7.40. The maximum Gasteiger partial charge on any atom is 0.229 e. The van der Waals surface area contributed by atoms with Gasteiger partial charge >= 0.3 is 0 Å². The molecule has 5 nitrogen and oxygen atoms in total. The molecule has 0 radical (unpaired) electrons. The zero-order valence-corrected chi connectivity index (χ0v) is 10.5. The summed E-state index contributed by atoms with van der Waals surface area (Å²) in [5, 5.41) is 0. The van der Waals surface area contributed by atoms with Gasteiger partial charge in [-0.15, -0.1) is 0 Å². The van der Waals surface area contributed by atoms with Gasteiger partial charge in [0.05, 0.1) is 0 Å². The van der Waals surface area contributed by atoms with E-state index in [4.69, 9.17) is 10.5 Å². The standard InChI is InChI=1S/C12H22N2O3/c1-10(15)14(7-6-13)12(16)3-2-11-4-8-17-9-5-11/h11H,2-9,13H2,1H3. The minimum absolute atomic E-state index is 0.102. The van der Waals surface area contributed by atoms with Crippen molar-refractivity contribution in [2.24, 2.45) is 11.7 Å². The monoisotopic (exact) mass is 242 g/mol. The Labute approximate surface area is 102 Å². The van der Waals surface area contributed by atoms with Gasteiger partial charge in [0.1, 0.15) is 0 Å². The lowest BCUT2D eigenvalue weighted by Gasteiger charge is -2.23. The molecule has 1 aliphatic heterocycles. The van der Waals surface area contributed by atoms with Crippen LogP contribution in [0.15, 0.2) is 0 Å². The number of hydrogen-bond acceptors (Lipinski definition) is 4. The van der Waals surface area contributed by atoms with E-state index >= 15 is 0 Å². The van der Waals surface area contributed by atoms with Gasteiger partial charge in [0.15, 0.2) is 0 Å². The van der Waals surface area contributed by atoms with Gasteiger partial charge < -0.3 is 10.5 Å². The number of carbonyl (C=O) groups is 2. The van der Waals surface area contributed by atoms with Crippen LogP contribution in [0, 0.1) is 5.92 Å². The highest BCUT2D eigenvalue weighted by atomic mass is 16.5. The lowest BCUT2D eigenvalue weighted by atomic mass is 9.94. The summed E-state index contributed by atoms with van der Waals surface area (Å²) in [4.78, 5) is 24.3. The zero-order chi connectivity index (χ0) is 12.7. The number of ether oxygens (including phenoxy) is 1. The normalized spacial score (nSPS) is 16.8. The van der Waals surface area contributed by atoms with E-state index in [0.717, 1.165) is 32.5 Å². The Morgan fingerprint density at radius 2 is 2.00 bits per heavy atom. The van der Waals surface area contributed by atoms with Crippen LogP contribution in [-0.2, 0) is 14.3 Å². The first-order valence-electron chi connectivity index (χ1n) is 6.24. The highest BCUT2D eigenvalue weighted by Gasteiger charge is 2.20. The molecule has 0 unspecified atom stereocenters. The molecule has 1 rings (SSSR count). The van der Waals surface area contributed by atoms with Crippen LogP contribution >= 0.6 is 0 Å². The van der Waals surface area contributed by atoms with Crippen LogP contribution in [0.2, 0.25) is 0 Å². The third-order valence-corrected chi connectivity index (χ3v) is 3.14. The fourth-order valence-electron chi connectivity index (χ4n) is 2.08. The lowest BCUT2D eigenvalue weighted by Crippen LogP contribution is -2.39. The van der Waals surface area contributed by atoms with Gasteiger partial charge in [-0.1, -0.05) is 0 Å². The highest BCUT2D eigenvalue weighted by molar-refractivity contribution is 5.94. The summed E-state index contributed by atoms with van der Waals surface area (Å²) in [6, 6.07) is 0. The average Bonchev–Trinajstić information content (AvgIpc) is 2.34. The number of hydrogen-bond donors (Lipinski definition) is 1. The molecule has 1 aliphatic rings. The first-order chi connectivity index (χ1) is 8.15. The van der Waals surface area contributed by atoms with Crippen molar-refractivity contribution in [1.29, 1.82) is 0 Å². The van der Waals surface area contributed by atoms with E-state index in [1.54, 1.807) is 0 Å². The van der Waals surface area contributed by atoms with E-state index in [1.165, 1.54) is 11.8 Å². The number of rotatable bonds is 5. The molecule has 98 valence electrons. The predicted molar refractivity (Wildman–Crippen MR) is 64.2 cm³/mol. The first kappa shape index (κ1) is 14.1. The van der Waals surface area contributed by atoms with Crippen LogP contribution in [-0.4, -0.2) is 43.0 Å². The van der Waals surface area contributed by atoms with E-state index in [0.29, 0.717) is 25.4 Å². The second-order valence-electron chi connectivity index (χ2n) is 4.45. The topological polar surface area (TPSA) is 72.6 Å². The molecule has 1 fully saturated rings. The van der Waals surface area contributed by atoms with E-state index in [9.17, 15) is 9.59 Å². The van der Waals surface area contributed by atoms with Crippen molar-refractivity contribution in [2.75, 3.05) is 26.3 Å². The van der Waals surface area contributed by atoms with Gasteiger partial charge in [0, 0.05) is 39.6 Å². The Hall–Kier alpha value is -0.940. The SMILES string of the molecule is CC(=O)N(CCN)C(=O)CCC1CCOCC1. The molecule has 0 aliphatic carbocycles. The van der Waals surface area contributed by atoms with Crippen LogP contribution in [0.4, 0.5) is 0 Å². The number of amides is 2. The van der Waals surface area contributed by atoms with Gasteiger partial charge in [-0.2, -0.15) is 0 Å². The summed E-state index contributed by atoms with van der Waals surface area (Å²) in [5.41, 5.74) is 5.38. The summed E-state index contributed by atoms with van der Waals surface area (Å²) >= 11 is 0. The van der Waals surface area contributed by atoms with E-state index in [1.807, 2.05) is 0 Å². The molecule has 0 aromatic carbocycles. The smallest absolute Gasteiger partial charge is 0.229 e. The molecule has 17 heavy (non-hydrogen) atoms. The third kappa shape index (κ3) is 4.83. The van der Waals surface area contributed by atoms with Crippen molar-refractivity contribution in [1.82, 2.24) is 4.90 Å². The number of carbonyl (C=O) groups excluding carboxylic acids is 2. The van der Waals surface area contributed by atoms with Gasteiger partial charge in [-0.3, -0.25) is 14.5 Å². The van der Waals surface area contributed by atoms with Crippen molar-refractivity contribution in [2.45, 2.75) is 32.6 Å². The van der Waals surface area contributed by atoms with E-state index < -0.39 is 0 Å². The van der Waals surface area contributed by atoms with Crippen molar-refractivity contribution < 1.29 is 14.3 Å². The number of nitrogens with two attached hydrogens (primary N) is 1. The van der Waals surface area contributed by atoms with E-state index in [-0.39, 0.29) is 11.8 Å². The van der Waals surface area contributed by atoms with Crippen molar-refractivity contribution in [3.8, 4) is 0 Å². The Bertz CT molecular complexity index is 262. The molecule has 0 saturated carbocycles. The van der Waals surface area contributed by atoms with Crippen LogP contribution in [0.3, 0.4) is 0 Å². The summed E-state index contributed by atoms with van der Waals surface area (Å²) in [6.45, 7) is 3.63. The summed E-state index contributed by atoms with van der Waals surface area (Å²) in [6.07, 6.45) is 3.31. The molecule has 0 aromatic rings. The molecule has 0 aromatic heterocycles. The molecule has 0 atom stereocenters. The second-order valence-corrected chi connectivity index (χ2v) is 4.45. The fraction of sp³-hybridized carbons (Fsp3) is 0.833.